The third-order valence-electron chi connectivity index (χ3n) is 1.97. The van der Waals surface area contributed by atoms with Crippen LogP contribution in [0, 0.1) is 11.3 Å². The quantitative estimate of drug-likeness (QED) is 0.801. The molecule has 1 aromatic heterocycles. The van der Waals surface area contributed by atoms with Crippen molar-refractivity contribution in [2.75, 3.05) is 0 Å². The average molecular weight is 232 g/mol. The summed E-state index contributed by atoms with van der Waals surface area (Å²) in [6.07, 6.45) is -4.35. The molecular formula is C9H11F3N4. The van der Waals surface area contributed by atoms with Crippen LogP contribution in [0.4, 0.5) is 13.2 Å². The van der Waals surface area contributed by atoms with Gasteiger partial charge in [-0.05, 0) is 5.92 Å². The minimum Gasteiger partial charge on any atom is -0.240 e. The summed E-state index contributed by atoms with van der Waals surface area (Å²) in [4.78, 5) is 0. The highest BCUT2D eigenvalue weighted by Gasteiger charge is 2.31. The van der Waals surface area contributed by atoms with E-state index in [1.165, 1.54) is 0 Å². The predicted octanol–water partition coefficient (Wildman–Crippen LogP) is 2.03. The standard InChI is InChI=1S/C9H11F3N4/c1-6(2)8-7(3-4-13)14-15-16(8)5-9(10,11)12/h6H,3,5H2,1-2H3. The zero-order valence-electron chi connectivity index (χ0n) is 8.91. The molecule has 0 saturated heterocycles. The SMILES string of the molecule is CC(C)c1c(CC#N)nnn1CC(F)(F)F. The molecule has 0 spiro atoms. The molecule has 0 saturated carbocycles. The van der Waals surface area contributed by atoms with Gasteiger partial charge in [-0.2, -0.15) is 18.4 Å². The van der Waals surface area contributed by atoms with Crippen molar-refractivity contribution in [1.82, 2.24) is 15.0 Å². The number of rotatable bonds is 3. The zero-order valence-corrected chi connectivity index (χ0v) is 8.91. The summed E-state index contributed by atoms with van der Waals surface area (Å²) in [5.74, 6) is -0.152. The normalized spacial score (nSPS) is 11.8. The van der Waals surface area contributed by atoms with Gasteiger partial charge in [0.15, 0.2) is 0 Å². The number of alkyl halides is 3. The van der Waals surface area contributed by atoms with Crippen molar-refractivity contribution in [3.05, 3.63) is 11.4 Å². The summed E-state index contributed by atoms with van der Waals surface area (Å²) >= 11 is 0. The lowest BCUT2D eigenvalue weighted by atomic mass is 10.1. The lowest BCUT2D eigenvalue weighted by Gasteiger charge is -2.11. The molecule has 0 aliphatic carbocycles. The number of halogens is 3. The van der Waals surface area contributed by atoms with Crippen molar-refractivity contribution in [2.45, 2.75) is 38.9 Å². The Labute approximate surface area is 90.7 Å². The van der Waals surface area contributed by atoms with Crippen molar-refractivity contribution in [3.63, 3.8) is 0 Å². The molecule has 0 fully saturated rings. The van der Waals surface area contributed by atoms with Crippen LogP contribution in [0.25, 0.3) is 0 Å². The van der Waals surface area contributed by atoms with Crippen molar-refractivity contribution in [3.8, 4) is 6.07 Å². The van der Waals surface area contributed by atoms with Crippen molar-refractivity contribution in [2.24, 2.45) is 0 Å². The zero-order chi connectivity index (χ0) is 12.3. The maximum absolute atomic E-state index is 12.2. The molecule has 0 aromatic carbocycles. The van der Waals surface area contributed by atoms with Crippen LogP contribution in [-0.2, 0) is 13.0 Å². The fraction of sp³-hybridized carbons (Fsp3) is 0.667. The van der Waals surface area contributed by atoms with Crippen LogP contribution < -0.4 is 0 Å². The van der Waals surface area contributed by atoms with E-state index < -0.39 is 12.7 Å². The van der Waals surface area contributed by atoms with Crippen LogP contribution in [0.2, 0.25) is 0 Å². The molecule has 1 rings (SSSR count). The molecule has 88 valence electrons. The Balaban J connectivity index is 3.06. The first-order valence-electron chi connectivity index (χ1n) is 4.71. The van der Waals surface area contributed by atoms with Crippen LogP contribution in [0.15, 0.2) is 0 Å². The van der Waals surface area contributed by atoms with E-state index in [9.17, 15) is 13.2 Å². The van der Waals surface area contributed by atoms with Gasteiger partial charge in [0.1, 0.15) is 12.2 Å². The second-order valence-corrected chi connectivity index (χ2v) is 3.68. The van der Waals surface area contributed by atoms with Crippen molar-refractivity contribution < 1.29 is 13.2 Å². The van der Waals surface area contributed by atoms with E-state index in [2.05, 4.69) is 10.3 Å². The van der Waals surface area contributed by atoms with E-state index in [0.717, 1.165) is 4.68 Å². The molecule has 0 amide bonds. The summed E-state index contributed by atoms with van der Waals surface area (Å²) in [7, 11) is 0. The van der Waals surface area contributed by atoms with Crippen LogP contribution in [-0.4, -0.2) is 21.2 Å². The number of aromatic nitrogens is 3. The van der Waals surface area contributed by atoms with Gasteiger partial charge in [-0.1, -0.05) is 19.1 Å². The van der Waals surface area contributed by atoms with Gasteiger partial charge < -0.3 is 0 Å². The largest absolute Gasteiger partial charge is 0.408 e. The Hall–Kier alpha value is -1.58. The van der Waals surface area contributed by atoms with Crippen LogP contribution in [0.5, 0.6) is 0 Å². The molecule has 1 aromatic rings. The Kier molecular flexibility index (Phi) is 3.52. The Morgan fingerprint density at radius 1 is 1.44 bits per heavy atom. The second kappa shape index (κ2) is 4.51. The highest BCUT2D eigenvalue weighted by molar-refractivity contribution is 5.17. The van der Waals surface area contributed by atoms with Gasteiger partial charge >= 0.3 is 6.18 Å². The van der Waals surface area contributed by atoms with Crippen LogP contribution in [0.1, 0.15) is 31.2 Å². The number of nitriles is 1. The molecular weight excluding hydrogens is 221 g/mol. The molecule has 0 aliphatic heterocycles. The number of hydrogen-bond acceptors (Lipinski definition) is 3. The van der Waals surface area contributed by atoms with Gasteiger partial charge in [0, 0.05) is 0 Å². The maximum Gasteiger partial charge on any atom is 0.408 e. The van der Waals surface area contributed by atoms with Crippen LogP contribution in [0.3, 0.4) is 0 Å². The molecule has 1 heterocycles. The van der Waals surface area contributed by atoms with E-state index in [-0.39, 0.29) is 12.3 Å². The first kappa shape index (κ1) is 12.5. The molecule has 0 N–H and O–H groups in total. The first-order valence-corrected chi connectivity index (χ1v) is 4.71. The summed E-state index contributed by atoms with van der Waals surface area (Å²) in [6.45, 7) is 2.32. The smallest absolute Gasteiger partial charge is 0.240 e. The minimum atomic E-state index is -4.33. The molecule has 0 bridgehead atoms. The van der Waals surface area contributed by atoms with Crippen LogP contribution >= 0.6 is 0 Å². The summed E-state index contributed by atoms with van der Waals surface area (Å²) in [5, 5.41) is 15.6. The minimum absolute atomic E-state index is 0.0224. The summed E-state index contributed by atoms with van der Waals surface area (Å²) < 4.78 is 37.5. The summed E-state index contributed by atoms with van der Waals surface area (Å²) in [6, 6.07) is 1.86. The lowest BCUT2D eigenvalue weighted by Crippen LogP contribution is -2.21. The highest BCUT2D eigenvalue weighted by Crippen LogP contribution is 2.23. The Morgan fingerprint density at radius 2 is 2.06 bits per heavy atom. The van der Waals surface area contributed by atoms with E-state index in [0.29, 0.717) is 11.4 Å². The van der Waals surface area contributed by atoms with Crippen molar-refractivity contribution >= 4 is 0 Å². The number of nitrogens with zero attached hydrogens (tertiary/aromatic N) is 4. The van der Waals surface area contributed by atoms with Gasteiger partial charge in [-0.15, -0.1) is 5.10 Å². The molecule has 7 heteroatoms. The van der Waals surface area contributed by atoms with E-state index in [4.69, 9.17) is 5.26 Å². The average Bonchev–Trinajstić information content (AvgIpc) is 2.45. The molecule has 0 unspecified atom stereocenters. The molecule has 0 aliphatic rings. The molecule has 0 radical (unpaired) electrons. The fourth-order valence-corrected chi connectivity index (χ4v) is 1.48. The lowest BCUT2D eigenvalue weighted by molar-refractivity contribution is -0.143. The monoisotopic (exact) mass is 232 g/mol. The first-order chi connectivity index (χ1) is 7.35. The molecule has 0 atom stereocenters. The second-order valence-electron chi connectivity index (χ2n) is 3.68. The third kappa shape index (κ3) is 2.95. The highest BCUT2D eigenvalue weighted by atomic mass is 19.4. The van der Waals surface area contributed by atoms with Gasteiger partial charge in [-0.25, -0.2) is 4.68 Å². The molecule has 4 nitrogen and oxygen atoms in total. The Bertz CT molecular complexity index is 400. The van der Waals surface area contributed by atoms with E-state index in [1.807, 2.05) is 6.07 Å². The van der Waals surface area contributed by atoms with E-state index in [1.54, 1.807) is 13.8 Å². The maximum atomic E-state index is 12.2. The van der Waals surface area contributed by atoms with Gasteiger partial charge in [-0.3, -0.25) is 0 Å². The number of hydrogen-bond donors (Lipinski definition) is 0. The van der Waals surface area contributed by atoms with E-state index >= 15 is 0 Å². The van der Waals surface area contributed by atoms with Gasteiger partial charge in [0.05, 0.1) is 18.2 Å². The Morgan fingerprint density at radius 3 is 2.50 bits per heavy atom. The fourth-order valence-electron chi connectivity index (χ4n) is 1.48. The predicted molar refractivity (Wildman–Crippen MR) is 49.5 cm³/mol. The third-order valence-corrected chi connectivity index (χ3v) is 1.97. The summed E-state index contributed by atoms with van der Waals surface area (Å²) in [5.41, 5.74) is 0.695. The van der Waals surface area contributed by atoms with Gasteiger partial charge in [0.2, 0.25) is 0 Å². The topological polar surface area (TPSA) is 54.5 Å². The van der Waals surface area contributed by atoms with Crippen molar-refractivity contribution in [1.29, 1.82) is 5.26 Å². The van der Waals surface area contributed by atoms with Gasteiger partial charge in [0.25, 0.3) is 0 Å². The molecule has 16 heavy (non-hydrogen) atoms.